The first-order valence-corrected chi connectivity index (χ1v) is 8.61. The molecule has 4 heterocycles. The van der Waals surface area contributed by atoms with Gasteiger partial charge in [-0.1, -0.05) is 6.07 Å². The van der Waals surface area contributed by atoms with Crippen LogP contribution in [-0.2, 0) is 16.9 Å². The number of hydrogen-bond donors (Lipinski definition) is 2. The number of carbonyl (C=O) groups is 1. The first-order valence-electron chi connectivity index (χ1n) is 8.61. The Balaban J connectivity index is 1.54. The van der Waals surface area contributed by atoms with Crippen molar-refractivity contribution in [2.75, 3.05) is 13.1 Å². The van der Waals surface area contributed by atoms with Crippen molar-refractivity contribution in [3.05, 3.63) is 54.2 Å². The molecule has 130 valence electrons. The van der Waals surface area contributed by atoms with Gasteiger partial charge in [0.15, 0.2) is 0 Å². The van der Waals surface area contributed by atoms with Gasteiger partial charge in [-0.15, -0.1) is 0 Å². The summed E-state index contributed by atoms with van der Waals surface area (Å²) in [6.07, 6.45) is 8.99. The minimum absolute atomic E-state index is 0.00600. The van der Waals surface area contributed by atoms with E-state index in [9.17, 15) is 4.79 Å². The number of hydrogen-bond acceptors (Lipinski definition) is 4. The van der Waals surface area contributed by atoms with Gasteiger partial charge in [0.2, 0.25) is 5.91 Å². The number of rotatable bonds is 4. The van der Waals surface area contributed by atoms with Crippen LogP contribution in [0.15, 0.2) is 43.0 Å². The van der Waals surface area contributed by atoms with E-state index in [4.69, 9.17) is 0 Å². The Bertz CT molecular complexity index is 876. The third kappa shape index (κ3) is 2.80. The van der Waals surface area contributed by atoms with E-state index < -0.39 is 5.54 Å². The van der Waals surface area contributed by atoms with Crippen molar-refractivity contribution in [1.82, 2.24) is 29.8 Å². The van der Waals surface area contributed by atoms with E-state index in [2.05, 4.69) is 20.7 Å². The zero-order chi connectivity index (χ0) is 17.3. The van der Waals surface area contributed by atoms with E-state index in [-0.39, 0.29) is 5.91 Å². The normalized spacial score (nSPS) is 16.8. The summed E-state index contributed by atoms with van der Waals surface area (Å²) in [7, 11) is 0. The van der Waals surface area contributed by atoms with E-state index in [1.165, 1.54) is 0 Å². The van der Waals surface area contributed by atoms with Crippen LogP contribution in [0.4, 0.5) is 0 Å². The van der Waals surface area contributed by atoms with Gasteiger partial charge < -0.3 is 15.0 Å². The number of nitrogens with one attached hydrogen (secondary N) is 2. The second kappa shape index (κ2) is 6.33. The third-order valence-electron chi connectivity index (χ3n) is 4.95. The number of imidazole rings is 1. The number of nitrogens with zero attached hydrogens (tertiary/aromatic N) is 4. The van der Waals surface area contributed by atoms with Gasteiger partial charge in [-0.05, 0) is 50.6 Å². The highest BCUT2D eigenvalue weighted by Gasteiger charge is 2.41. The van der Waals surface area contributed by atoms with Crippen LogP contribution in [0, 0.1) is 6.92 Å². The van der Waals surface area contributed by atoms with Crippen LogP contribution < -0.4 is 10.6 Å². The Morgan fingerprint density at radius 2 is 2.16 bits per heavy atom. The fraction of sp³-hybridized carbons (Fsp3) is 0.389. The Hall–Kier alpha value is -2.67. The lowest BCUT2D eigenvalue weighted by Crippen LogP contribution is -2.54. The maximum atomic E-state index is 13.0. The van der Waals surface area contributed by atoms with Crippen molar-refractivity contribution in [2.45, 2.75) is 31.8 Å². The van der Waals surface area contributed by atoms with Crippen molar-refractivity contribution >= 4 is 11.6 Å². The molecular weight excluding hydrogens is 316 g/mol. The predicted molar refractivity (Wildman–Crippen MR) is 94.1 cm³/mol. The van der Waals surface area contributed by atoms with Crippen LogP contribution in [0.2, 0.25) is 0 Å². The van der Waals surface area contributed by atoms with Crippen LogP contribution >= 0.6 is 0 Å². The molecule has 25 heavy (non-hydrogen) atoms. The minimum atomic E-state index is -0.621. The number of aryl methyl sites for hydroxylation is 1. The smallest absolute Gasteiger partial charge is 0.248 e. The summed E-state index contributed by atoms with van der Waals surface area (Å²) in [5, 5.41) is 10.7. The summed E-state index contributed by atoms with van der Waals surface area (Å²) in [6, 6.07) is 5.89. The highest BCUT2D eigenvalue weighted by molar-refractivity contribution is 5.84. The predicted octanol–water partition coefficient (Wildman–Crippen LogP) is 1.23. The molecule has 2 N–H and O–H groups in total. The van der Waals surface area contributed by atoms with E-state index in [1.54, 1.807) is 10.9 Å². The van der Waals surface area contributed by atoms with Crippen LogP contribution in [0.25, 0.3) is 5.65 Å². The zero-order valence-electron chi connectivity index (χ0n) is 14.3. The molecule has 4 rings (SSSR count). The molecule has 0 bridgehead atoms. The molecule has 0 unspecified atom stereocenters. The lowest BCUT2D eigenvalue weighted by Gasteiger charge is -2.36. The van der Waals surface area contributed by atoms with E-state index in [1.807, 2.05) is 48.1 Å². The first kappa shape index (κ1) is 15.8. The topological polar surface area (TPSA) is 76.2 Å². The molecular formula is C18H22N6O. The molecule has 1 saturated heterocycles. The highest BCUT2D eigenvalue weighted by atomic mass is 16.2. The SMILES string of the molecule is Cc1cccn2cc(CNC(=O)C3(n4cccn4)CCNCC3)nc12. The third-order valence-corrected chi connectivity index (χ3v) is 4.95. The summed E-state index contributed by atoms with van der Waals surface area (Å²) < 4.78 is 3.79. The lowest BCUT2D eigenvalue weighted by atomic mass is 9.87. The van der Waals surface area contributed by atoms with Crippen molar-refractivity contribution in [2.24, 2.45) is 0 Å². The van der Waals surface area contributed by atoms with Gasteiger partial charge in [0, 0.05) is 24.8 Å². The standard InChI is InChI=1S/C18H22N6O/c1-14-4-2-10-23-13-15(22-16(14)23)12-20-17(25)18(5-8-19-9-6-18)24-11-3-7-21-24/h2-4,7,10-11,13,19H,5-6,8-9,12H2,1H3,(H,20,25). The zero-order valence-corrected chi connectivity index (χ0v) is 14.3. The molecule has 1 amide bonds. The van der Waals surface area contributed by atoms with Gasteiger partial charge in [0.05, 0.1) is 12.2 Å². The molecule has 1 fully saturated rings. The van der Waals surface area contributed by atoms with Crippen LogP contribution in [0.3, 0.4) is 0 Å². The maximum absolute atomic E-state index is 13.0. The van der Waals surface area contributed by atoms with E-state index in [0.717, 1.165) is 42.8 Å². The molecule has 0 spiro atoms. The Morgan fingerprint density at radius 1 is 1.32 bits per heavy atom. The van der Waals surface area contributed by atoms with Crippen molar-refractivity contribution < 1.29 is 4.79 Å². The highest BCUT2D eigenvalue weighted by Crippen LogP contribution is 2.27. The van der Waals surface area contributed by atoms with Gasteiger partial charge in [-0.3, -0.25) is 9.48 Å². The molecule has 7 heteroatoms. The molecule has 0 saturated carbocycles. The molecule has 7 nitrogen and oxygen atoms in total. The van der Waals surface area contributed by atoms with Crippen molar-refractivity contribution in [3.63, 3.8) is 0 Å². The number of aromatic nitrogens is 4. The number of carbonyl (C=O) groups excluding carboxylic acids is 1. The maximum Gasteiger partial charge on any atom is 0.248 e. The van der Waals surface area contributed by atoms with Crippen molar-refractivity contribution in [3.8, 4) is 0 Å². The minimum Gasteiger partial charge on any atom is -0.348 e. The van der Waals surface area contributed by atoms with Gasteiger partial charge in [-0.25, -0.2) is 4.98 Å². The Labute approximate surface area is 146 Å². The first-order chi connectivity index (χ1) is 12.2. The van der Waals surface area contributed by atoms with Gasteiger partial charge in [-0.2, -0.15) is 5.10 Å². The van der Waals surface area contributed by atoms with Gasteiger partial charge >= 0.3 is 0 Å². The molecule has 0 radical (unpaired) electrons. The summed E-state index contributed by atoms with van der Waals surface area (Å²) in [4.78, 5) is 17.7. The quantitative estimate of drug-likeness (QED) is 0.750. The number of piperidine rings is 1. The molecule has 3 aromatic heterocycles. The second-order valence-corrected chi connectivity index (χ2v) is 6.57. The molecule has 0 aromatic carbocycles. The monoisotopic (exact) mass is 338 g/mol. The fourth-order valence-corrected chi connectivity index (χ4v) is 3.55. The van der Waals surface area contributed by atoms with Gasteiger partial charge in [0.1, 0.15) is 11.2 Å². The van der Waals surface area contributed by atoms with Gasteiger partial charge in [0.25, 0.3) is 0 Å². The Morgan fingerprint density at radius 3 is 2.88 bits per heavy atom. The molecule has 1 aliphatic heterocycles. The molecule has 1 aliphatic rings. The number of amides is 1. The number of fused-ring (bicyclic) bond motifs is 1. The largest absolute Gasteiger partial charge is 0.348 e. The summed E-state index contributed by atoms with van der Waals surface area (Å²) >= 11 is 0. The van der Waals surface area contributed by atoms with Crippen LogP contribution in [0.1, 0.15) is 24.1 Å². The average Bonchev–Trinajstić information content (AvgIpc) is 3.31. The summed E-state index contributed by atoms with van der Waals surface area (Å²) in [5.74, 6) is 0.00600. The van der Waals surface area contributed by atoms with Crippen molar-refractivity contribution in [1.29, 1.82) is 0 Å². The van der Waals surface area contributed by atoms with E-state index in [0.29, 0.717) is 6.54 Å². The average molecular weight is 338 g/mol. The lowest BCUT2D eigenvalue weighted by molar-refractivity contribution is -0.132. The van der Waals surface area contributed by atoms with Crippen LogP contribution in [-0.4, -0.2) is 38.2 Å². The Kier molecular flexibility index (Phi) is 4.01. The fourth-order valence-electron chi connectivity index (χ4n) is 3.55. The second-order valence-electron chi connectivity index (χ2n) is 6.57. The summed E-state index contributed by atoms with van der Waals surface area (Å²) in [6.45, 7) is 4.06. The van der Waals surface area contributed by atoms with E-state index >= 15 is 0 Å². The molecule has 0 aliphatic carbocycles. The molecule has 0 atom stereocenters. The summed E-state index contributed by atoms with van der Waals surface area (Å²) in [5.41, 5.74) is 2.28. The molecule has 3 aromatic rings. The number of pyridine rings is 1. The van der Waals surface area contributed by atoms with Crippen LogP contribution in [0.5, 0.6) is 0 Å².